The summed E-state index contributed by atoms with van der Waals surface area (Å²) in [7, 11) is -14.3. The molecule has 0 saturated heterocycles. The van der Waals surface area contributed by atoms with Crippen LogP contribution >= 0.6 is 0 Å². The highest BCUT2D eigenvalue weighted by molar-refractivity contribution is 7.86. The lowest BCUT2D eigenvalue weighted by Crippen LogP contribution is -2.29. The smallest absolute Gasteiger partial charge is 0.305 e. The van der Waals surface area contributed by atoms with Crippen molar-refractivity contribution < 1.29 is 38.9 Å². The predicted molar refractivity (Wildman–Crippen MR) is 64.4 cm³/mol. The van der Waals surface area contributed by atoms with Gasteiger partial charge in [0.05, 0.1) is 10.6 Å². The minimum Gasteiger partial charge on any atom is -0.305 e. The summed E-state index contributed by atoms with van der Waals surface area (Å²) in [5.41, 5.74) is 0.934. The number of nitrogens with one attached hydrogen (secondary N) is 2. The minimum atomic E-state index is -4.82. The van der Waals surface area contributed by atoms with Crippen molar-refractivity contribution in [2.24, 2.45) is 0 Å². The Kier molecular flexibility index (Phi) is 4.39. The van der Waals surface area contributed by atoms with E-state index < -0.39 is 46.0 Å². The van der Waals surface area contributed by atoms with Gasteiger partial charge in [-0.25, -0.2) is 0 Å². The van der Waals surface area contributed by atoms with Crippen LogP contribution in [0, 0.1) is 0 Å². The Morgan fingerprint density at radius 2 is 1.40 bits per heavy atom. The van der Waals surface area contributed by atoms with E-state index >= 15 is 0 Å². The predicted octanol–water partition coefficient (Wildman–Crippen LogP) is -1.10. The number of hydrogen-bond acceptors (Lipinski definition) is 7. The van der Waals surface area contributed by atoms with E-state index in [0.29, 0.717) is 18.2 Å². The zero-order chi connectivity index (χ0) is 15.8. The standard InChI is InChI=1S/C6H8N2O9S3/c9-18(10,11)4-1-2-6(19(12,13)14)5(3-4)7-8-20(15,16)17/h1-3,7-8H,(H,9,10,11)(H,12,13,14)(H,15,16,17). The topological polar surface area (TPSA) is 187 Å². The zero-order valence-corrected chi connectivity index (χ0v) is 11.7. The van der Waals surface area contributed by atoms with Gasteiger partial charge in [0, 0.05) is 0 Å². The van der Waals surface area contributed by atoms with Crippen molar-refractivity contribution in [3.63, 3.8) is 0 Å². The fraction of sp³-hybridized carbons (Fsp3) is 0. The van der Waals surface area contributed by atoms with Crippen molar-refractivity contribution in [3.8, 4) is 0 Å². The minimum absolute atomic E-state index is 0.524. The molecule has 1 aromatic rings. The second kappa shape index (κ2) is 5.24. The van der Waals surface area contributed by atoms with Gasteiger partial charge in [-0.2, -0.15) is 25.3 Å². The third-order valence-electron chi connectivity index (χ3n) is 1.84. The maximum atomic E-state index is 11.0. The Labute approximate surface area is 114 Å². The Morgan fingerprint density at radius 1 is 0.850 bits per heavy atom. The maximum absolute atomic E-state index is 11.0. The van der Waals surface area contributed by atoms with Gasteiger partial charge < -0.3 is 5.43 Å². The van der Waals surface area contributed by atoms with Crippen LogP contribution in [-0.4, -0.2) is 38.9 Å². The molecule has 0 aliphatic carbocycles. The third-order valence-corrected chi connectivity index (χ3v) is 3.96. The molecule has 114 valence electrons. The second-order valence-electron chi connectivity index (χ2n) is 3.31. The first kappa shape index (κ1) is 16.8. The average molecular weight is 348 g/mol. The van der Waals surface area contributed by atoms with E-state index in [0.717, 1.165) is 0 Å². The van der Waals surface area contributed by atoms with E-state index in [4.69, 9.17) is 13.7 Å². The zero-order valence-electron chi connectivity index (χ0n) is 9.25. The molecule has 1 aromatic carbocycles. The largest absolute Gasteiger partial charge is 0.350 e. The van der Waals surface area contributed by atoms with E-state index in [-0.39, 0.29) is 0 Å². The van der Waals surface area contributed by atoms with E-state index in [1.807, 2.05) is 0 Å². The van der Waals surface area contributed by atoms with Gasteiger partial charge in [0.15, 0.2) is 0 Å². The molecule has 14 heteroatoms. The normalized spacial score (nSPS) is 13.2. The molecule has 0 aromatic heterocycles. The molecule has 0 atom stereocenters. The van der Waals surface area contributed by atoms with Gasteiger partial charge in [-0.1, -0.05) is 0 Å². The SMILES string of the molecule is O=S(=O)(O)NNc1cc(S(=O)(=O)O)ccc1S(=O)(=O)O. The van der Waals surface area contributed by atoms with Gasteiger partial charge >= 0.3 is 10.3 Å². The van der Waals surface area contributed by atoms with Crippen LogP contribution in [0.4, 0.5) is 5.69 Å². The molecule has 1 rings (SSSR count). The summed E-state index contributed by atoms with van der Waals surface area (Å²) < 4.78 is 90.7. The quantitative estimate of drug-likeness (QED) is 0.323. The molecule has 0 saturated carbocycles. The van der Waals surface area contributed by atoms with Crippen LogP contribution in [0.3, 0.4) is 0 Å². The van der Waals surface area contributed by atoms with Crippen molar-refractivity contribution in [1.29, 1.82) is 0 Å². The molecule has 11 nitrogen and oxygen atoms in total. The molecule has 0 amide bonds. The number of anilines is 1. The van der Waals surface area contributed by atoms with Crippen molar-refractivity contribution in [2.75, 3.05) is 5.43 Å². The monoisotopic (exact) mass is 348 g/mol. The van der Waals surface area contributed by atoms with E-state index in [9.17, 15) is 25.3 Å². The molecular weight excluding hydrogens is 340 g/mol. The molecule has 0 unspecified atom stereocenters. The average Bonchev–Trinajstić information content (AvgIpc) is 2.22. The Hall–Kier alpha value is -1.29. The summed E-state index contributed by atoms with van der Waals surface area (Å²) in [5, 5.41) is 0. The lowest BCUT2D eigenvalue weighted by molar-refractivity contribution is 0.471. The molecule has 0 spiro atoms. The lowest BCUT2D eigenvalue weighted by Gasteiger charge is -2.10. The number of benzene rings is 1. The van der Waals surface area contributed by atoms with Crippen LogP contribution in [0.15, 0.2) is 28.0 Å². The molecule has 0 fully saturated rings. The lowest BCUT2D eigenvalue weighted by atomic mass is 10.3. The molecule has 0 radical (unpaired) electrons. The van der Waals surface area contributed by atoms with Crippen LogP contribution in [0.25, 0.3) is 0 Å². The van der Waals surface area contributed by atoms with Gasteiger partial charge in [0.1, 0.15) is 4.90 Å². The molecule has 0 bridgehead atoms. The number of hydrogen-bond donors (Lipinski definition) is 5. The van der Waals surface area contributed by atoms with Gasteiger partial charge in [0.25, 0.3) is 20.2 Å². The summed E-state index contributed by atoms with van der Waals surface area (Å²) in [4.78, 5) is -0.406. The first-order chi connectivity index (χ1) is 8.81. The molecule has 0 heterocycles. The first-order valence-electron chi connectivity index (χ1n) is 4.40. The maximum Gasteiger partial charge on any atom is 0.350 e. The summed E-state index contributed by atoms with van der Waals surface area (Å²) >= 11 is 0. The highest BCUT2D eigenvalue weighted by atomic mass is 32.2. The van der Waals surface area contributed by atoms with Crippen LogP contribution in [0.5, 0.6) is 0 Å². The molecular formula is C6H8N2O9S3. The highest BCUT2D eigenvalue weighted by Crippen LogP contribution is 2.24. The molecule has 0 aliphatic heterocycles. The first-order valence-corrected chi connectivity index (χ1v) is 8.72. The van der Waals surface area contributed by atoms with Crippen molar-refractivity contribution in [2.45, 2.75) is 9.79 Å². The van der Waals surface area contributed by atoms with E-state index in [2.05, 4.69) is 0 Å². The van der Waals surface area contributed by atoms with E-state index in [1.165, 1.54) is 4.83 Å². The number of rotatable bonds is 5. The summed E-state index contributed by atoms with van der Waals surface area (Å²) in [6.45, 7) is 0. The van der Waals surface area contributed by atoms with Gasteiger partial charge in [-0.05, 0) is 18.2 Å². The highest BCUT2D eigenvalue weighted by Gasteiger charge is 2.20. The third kappa shape index (κ3) is 4.67. The van der Waals surface area contributed by atoms with Gasteiger partial charge in [-0.15, -0.1) is 4.83 Å². The fourth-order valence-electron chi connectivity index (χ4n) is 1.11. The van der Waals surface area contributed by atoms with Gasteiger partial charge in [-0.3, -0.25) is 13.7 Å². The Balaban J connectivity index is 3.42. The Bertz CT molecular complexity index is 824. The van der Waals surface area contributed by atoms with Crippen LogP contribution in [0.1, 0.15) is 0 Å². The van der Waals surface area contributed by atoms with Crippen molar-refractivity contribution >= 4 is 36.2 Å². The molecule has 0 aliphatic rings. The van der Waals surface area contributed by atoms with E-state index in [1.54, 1.807) is 5.43 Å². The summed E-state index contributed by atoms with van der Waals surface area (Å²) in [6.07, 6.45) is 0. The summed E-state index contributed by atoms with van der Waals surface area (Å²) in [6, 6.07) is 1.79. The van der Waals surface area contributed by atoms with Gasteiger partial charge in [0.2, 0.25) is 0 Å². The van der Waals surface area contributed by atoms with Crippen molar-refractivity contribution in [1.82, 2.24) is 4.83 Å². The fourth-order valence-corrected chi connectivity index (χ4v) is 2.49. The summed E-state index contributed by atoms with van der Waals surface area (Å²) in [5.74, 6) is 0. The molecule has 5 N–H and O–H groups in total. The second-order valence-corrected chi connectivity index (χ2v) is 7.28. The molecule has 20 heavy (non-hydrogen) atoms. The number of hydrazine groups is 1. The van der Waals surface area contributed by atoms with Crippen LogP contribution in [-0.2, 0) is 30.5 Å². The van der Waals surface area contributed by atoms with Crippen LogP contribution in [0.2, 0.25) is 0 Å². The van der Waals surface area contributed by atoms with Crippen molar-refractivity contribution in [3.05, 3.63) is 18.2 Å². The Morgan fingerprint density at radius 3 is 1.80 bits per heavy atom. The van der Waals surface area contributed by atoms with Crippen LogP contribution < -0.4 is 10.3 Å².